The van der Waals surface area contributed by atoms with Crippen molar-refractivity contribution in [1.82, 2.24) is 0 Å². The second-order valence-corrected chi connectivity index (χ2v) is 10.4. The third-order valence-electron chi connectivity index (χ3n) is 8.51. The van der Waals surface area contributed by atoms with Crippen LogP contribution in [-0.4, -0.2) is 0 Å². The molecule has 0 unspecified atom stereocenters. The first kappa shape index (κ1) is 20.8. The van der Waals surface area contributed by atoms with Crippen molar-refractivity contribution >= 4 is 10.8 Å². The third kappa shape index (κ3) is 3.70. The quantitative estimate of drug-likeness (QED) is 0.332. The molecule has 0 amide bonds. The maximum Gasteiger partial charge on any atom is 0 e. The van der Waals surface area contributed by atoms with Crippen LogP contribution in [0.5, 0.6) is 0 Å². The van der Waals surface area contributed by atoms with Crippen molar-refractivity contribution in [3.05, 3.63) is 65.7 Å². The molecule has 0 nitrogen and oxygen atoms in total. The molecule has 4 fully saturated rings. The molecule has 0 spiro atoms. The van der Waals surface area contributed by atoms with Crippen LogP contribution in [0.4, 0.5) is 0 Å². The van der Waals surface area contributed by atoms with Gasteiger partial charge in [0, 0.05) is 26.2 Å². The molecule has 0 saturated heterocycles. The molecule has 4 saturated carbocycles. The Balaban J connectivity index is 0.00000193. The number of aryl methyl sites for hydroxylation is 1. The van der Waals surface area contributed by atoms with Crippen molar-refractivity contribution < 1.29 is 26.2 Å². The fourth-order valence-electron chi connectivity index (χ4n) is 7.45. The summed E-state index contributed by atoms with van der Waals surface area (Å²) in [4.78, 5) is 0. The van der Waals surface area contributed by atoms with Crippen LogP contribution >= 0.6 is 0 Å². The Hall–Kier alpha value is -1.07. The Morgan fingerprint density at radius 2 is 1.57 bits per heavy atom. The van der Waals surface area contributed by atoms with Gasteiger partial charge in [0.05, 0.1) is 0 Å². The molecule has 4 aliphatic rings. The van der Waals surface area contributed by atoms with Gasteiger partial charge in [-0.2, -0.15) is 6.07 Å². The smallest absolute Gasteiger partial charge is 0 e. The monoisotopic (exact) mass is 471 g/mol. The minimum atomic E-state index is 0. The number of benzene rings is 2. The van der Waals surface area contributed by atoms with Gasteiger partial charge in [-0.15, -0.1) is 34.5 Å². The van der Waals surface area contributed by atoms with Crippen LogP contribution in [-0.2, 0) is 39.0 Å². The molecule has 0 radical (unpaired) electrons. The average Bonchev–Trinajstić information content (AvgIpc) is 3.14. The number of hydrogen-bond acceptors (Lipinski definition) is 0. The van der Waals surface area contributed by atoms with E-state index >= 15 is 0 Å². The zero-order chi connectivity index (χ0) is 19.4. The van der Waals surface area contributed by atoms with E-state index in [1.165, 1.54) is 72.4 Å². The van der Waals surface area contributed by atoms with E-state index in [1.807, 2.05) is 0 Å². The van der Waals surface area contributed by atoms with Crippen molar-refractivity contribution in [2.75, 3.05) is 0 Å². The number of hydrogen-bond donors (Lipinski definition) is 0. The number of fused-ring (bicyclic) bond motifs is 1. The summed E-state index contributed by atoms with van der Waals surface area (Å²) >= 11 is 0. The fourth-order valence-corrected chi connectivity index (χ4v) is 7.45. The van der Waals surface area contributed by atoms with Crippen LogP contribution in [0.15, 0.2) is 54.6 Å². The van der Waals surface area contributed by atoms with Gasteiger partial charge in [-0.25, -0.2) is 0 Å². The van der Waals surface area contributed by atoms with Gasteiger partial charge in [0.25, 0.3) is 0 Å². The normalized spacial score (nSPS) is 29.3. The molecule has 3 aromatic carbocycles. The molecule has 1 heteroatoms. The van der Waals surface area contributed by atoms with E-state index in [1.54, 1.807) is 12.0 Å². The van der Waals surface area contributed by atoms with Gasteiger partial charge >= 0.3 is 0 Å². The first-order valence-corrected chi connectivity index (χ1v) is 12.0. The average molecular weight is 473 g/mol. The van der Waals surface area contributed by atoms with E-state index in [-0.39, 0.29) is 26.2 Å². The molecule has 154 valence electrons. The molecule has 0 N–H and O–H groups in total. The summed E-state index contributed by atoms with van der Waals surface area (Å²) in [6.45, 7) is 2.25. The molecule has 0 aromatic heterocycles. The molecule has 7 rings (SSSR count). The number of rotatable bonds is 5. The molecule has 4 aliphatic carbocycles. The van der Waals surface area contributed by atoms with E-state index < -0.39 is 0 Å². The van der Waals surface area contributed by atoms with Crippen LogP contribution in [0.3, 0.4) is 0 Å². The summed E-state index contributed by atoms with van der Waals surface area (Å²) < 4.78 is 0. The molecular weight excluding hydrogens is 440 g/mol. The molecule has 3 aromatic rings. The van der Waals surface area contributed by atoms with Crippen molar-refractivity contribution in [1.29, 1.82) is 0 Å². The van der Waals surface area contributed by atoms with E-state index in [2.05, 4.69) is 61.5 Å². The molecule has 0 heterocycles. The zero-order valence-corrected chi connectivity index (χ0v) is 20.7. The maximum absolute atomic E-state index is 2.52. The first-order chi connectivity index (χ1) is 14.3. The summed E-state index contributed by atoms with van der Waals surface area (Å²) in [5, 5.41) is 2.88. The summed E-state index contributed by atoms with van der Waals surface area (Å²) in [7, 11) is 0. The molecule has 0 atom stereocenters. The van der Waals surface area contributed by atoms with E-state index in [9.17, 15) is 0 Å². The van der Waals surface area contributed by atoms with Gasteiger partial charge in [-0.3, -0.25) is 0 Å². The van der Waals surface area contributed by atoms with Gasteiger partial charge < -0.3 is 0 Å². The van der Waals surface area contributed by atoms with Crippen molar-refractivity contribution in [3.8, 4) is 11.1 Å². The molecule has 30 heavy (non-hydrogen) atoms. The summed E-state index contributed by atoms with van der Waals surface area (Å²) in [5.41, 5.74) is 5.81. The van der Waals surface area contributed by atoms with Gasteiger partial charge in [-0.1, -0.05) is 49.2 Å². The second kappa shape index (κ2) is 8.46. The third-order valence-corrected chi connectivity index (χ3v) is 8.51. The Morgan fingerprint density at radius 3 is 2.23 bits per heavy atom. The Morgan fingerprint density at radius 1 is 0.867 bits per heavy atom. The largest absolute Gasteiger partial charge is 0.164 e. The molecular formula is C29H33Zr-. The van der Waals surface area contributed by atoms with Crippen LogP contribution in [0, 0.1) is 29.6 Å². The topological polar surface area (TPSA) is 0 Å². The summed E-state index contributed by atoms with van der Waals surface area (Å²) in [6.07, 6.45) is 11.4. The minimum absolute atomic E-state index is 0. The van der Waals surface area contributed by atoms with Crippen LogP contribution in [0.1, 0.15) is 56.6 Å². The first-order valence-electron chi connectivity index (χ1n) is 12.0. The second-order valence-electron chi connectivity index (χ2n) is 10.4. The minimum Gasteiger partial charge on any atom is -0.164 e. The Labute approximate surface area is 200 Å². The van der Waals surface area contributed by atoms with Crippen molar-refractivity contribution in [2.24, 2.45) is 29.6 Å². The van der Waals surface area contributed by atoms with E-state index in [4.69, 9.17) is 0 Å². The van der Waals surface area contributed by atoms with Gasteiger partial charge in [-0.05, 0) is 85.7 Å². The van der Waals surface area contributed by atoms with E-state index in [0.717, 1.165) is 29.6 Å². The van der Waals surface area contributed by atoms with Crippen LogP contribution in [0.2, 0.25) is 0 Å². The zero-order valence-electron chi connectivity index (χ0n) is 18.2. The van der Waals surface area contributed by atoms with Crippen LogP contribution in [0.25, 0.3) is 21.9 Å². The fraction of sp³-hybridized carbons (Fsp3) is 0.483. The summed E-state index contributed by atoms with van der Waals surface area (Å²) in [5.74, 6) is 5.16. The van der Waals surface area contributed by atoms with Gasteiger partial charge in [0.1, 0.15) is 0 Å². The Kier molecular flexibility index (Phi) is 5.87. The van der Waals surface area contributed by atoms with Crippen LogP contribution < -0.4 is 0 Å². The van der Waals surface area contributed by atoms with E-state index in [0.29, 0.717) is 0 Å². The van der Waals surface area contributed by atoms with Crippen molar-refractivity contribution in [3.63, 3.8) is 0 Å². The Bertz CT molecular complexity index is 981. The standard InChI is InChI=1S/C29H33.Zr/c1-2-4-19-7-9-23(10-8-19)27-6-3-5-24-12-22(18-29(24)27)17-28-25-13-20-11-21(15-25)16-26(28)14-20;/h3,5-10,12,18,20-21,25-26,28H,2,4,11,13-17H2,1H3;/q-1;. The predicted molar refractivity (Wildman–Crippen MR) is 123 cm³/mol. The molecule has 4 bridgehead atoms. The van der Waals surface area contributed by atoms with Gasteiger partial charge in [0.2, 0.25) is 0 Å². The van der Waals surface area contributed by atoms with Gasteiger partial charge in [0.15, 0.2) is 0 Å². The summed E-state index contributed by atoms with van der Waals surface area (Å²) in [6, 6.07) is 21.2. The molecule has 0 aliphatic heterocycles. The van der Waals surface area contributed by atoms with Crippen molar-refractivity contribution in [2.45, 2.75) is 58.3 Å². The SMILES string of the molecule is CCCc1ccc(-c2cccc3[cH-]c(CC4C5CC6CC(C5)CC4C6)cc23)cc1.[Zr]. The maximum atomic E-state index is 2.52. The predicted octanol–water partition coefficient (Wildman–Crippen LogP) is 7.79.